The Bertz CT molecular complexity index is 436. The number of aliphatic hydroxyl groups excluding tert-OH is 1. The van der Waals surface area contributed by atoms with Crippen molar-refractivity contribution in [1.29, 1.82) is 0 Å². The first-order valence-corrected chi connectivity index (χ1v) is 7.83. The number of nitrogens with one attached hydrogen (secondary N) is 1. The molecule has 1 amide bonds. The largest absolute Gasteiger partial charge is 0.386 e. The minimum absolute atomic E-state index is 0.0532. The van der Waals surface area contributed by atoms with Crippen molar-refractivity contribution in [1.82, 2.24) is 5.32 Å². The number of carbonyl (C=O) groups is 1. The van der Waals surface area contributed by atoms with Crippen LogP contribution in [-0.2, 0) is 4.79 Å². The van der Waals surface area contributed by atoms with Crippen LogP contribution in [0.25, 0.3) is 0 Å². The van der Waals surface area contributed by atoms with E-state index in [1.165, 1.54) is 0 Å². The van der Waals surface area contributed by atoms with Crippen LogP contribution in [0.2, 0.25) is 0 Å². The van der Waals surface area contributed by atoms with E-state index in [0.717, 1.165) is 18.4 Å². The molecule has 0 aliphatic heterocycles. The molecular formula is C17H24ClNO2. The van der Waals surface area contributed by atoms with Crippen LogP contribution in [0.4, 0.5) is 0 Å². The topological polar surface area (TPSA) is 49.3 Å². The van der Waals surface area contributed by atoms with Crippen LogP contribution in [0.1, 0.15) is 37.9 Å². The van der Waals surface area contributed by atoms with Gasteiger partial charge in [-0.3, -0.25) is 4.79 Å². The highest BCUT2D eigenvalue weighted by atomic mass is 35.5. The summed E-state index contributed by atoms with van der Waals surface area (Å²) >= 11 is 5.69. The first-order chi connectivity index (χ1) is 10.1. The molecule has 0 saturated carbocycles. The lowest BCUT2D eigenvalue weighted by Crippen LogP contribution is -2.40. The summed E-state index contributed by atoms with van der Waals surface area (Å²) in [6.07, 6.45) is 3.18. The highest BCUT2D eigenvalue weighted by Gasteiger charge is 2.22. The molecule has 0 spiro atoms. The molecule has 0 aliphatic carbocycles. The van der Waals surface area contributed by atoms with Crippen LogP contribution in [0.5, 0.6) is 0 Å². The summed E-state index contributed by atoms with van der Waals surface area (Å²) in [6.45, 7) is 5.50. The standard InChI is InChI=1S/C17H24ClNO2/c1-3-8-15(11-7-12-18)17(21)19-13(2)16(20)14-9-5-4-6-10-14/h3-6,9-10,13,15-16,20H,1,7-8,11-12H2,2H3,(H,19,21)/t13-,15-,16?/m1/s1. The predicted molar refractivity (Wildman–Crippen MR) is 87.3 cm³/mol. The summed E-state index contributed by atoms with van der Waals surface area (Å²) in [6, 6.07) is 8.99. The van der Waals surface area contributed by atoms with Gasteiger partial charge in [-0.25, -0.2) is 0 Å². The Morgan fingerprint density at radius 3 is 2.67 bits per heavy atom. The molecule has 1 unspecified atom stereocenters. The number of amides is 1. The van der Waals surface area contributed by atoms with Gasteiger partial charge in [-0.1, -0.05) is 36.4 Å². The average molecular weight is 310 g/mol. The molecule has 3 atom stereocenters. The van der Waals surface area contributed by atoms with E-state index < -0.39 is 6.10 Å². The van der Waals surface area contributed by atoms with Gasteiger partial charge in [0, 0.05) is 11.8 Å². The van der Waals surface area contributed by atoms with Gasteiger partial charge < -0.3 is 10.4 Å². The van der Waals surface area contributed by atoms with E-state index in [9.17, 15) is 9.90 Å². The normalized spacial score (nSPS) is 15.0. The molecule has 2 N–H and O–H groups in total. The second-order valence-electron chi connectivity index (χ2n) is 5.21. The number of alkyl halides is 1. The second-order valence-corrected chi connectivity index (χ2v) is 5.58. The summed E-state index contributed by atoms with van der Waals surface area (Å²) in [5.41, 5.74) is 0.798. The maximum Gasteiger partial charge on any atom is 0.223 e. The zero-order valence-electron chi connectivity index (χ0n) is 12.5. The Morgan fingerprint density at radius 1 is 1.43 bits per heavy atom. The molecule has 0 saturated heterocycles. The quantitative estimate of drug-likeness (QED) is 0.542. The van der Waals surface area contributed by atoms with Gasteiger partial charge in [0.15, 0.2) is 0 Å². The molecule has 0 radical (unpaired) electrons. The minimum atomic E-state index is -0.715. The highest BCUT2D eigenvalue weighted by Crippen LogP contribution is 2.18. The second kappa shape index (κ2) is 9.59. The van der Waals surface area contributed by atoms with E-state index in [4.69, 9.17) is 11.6 Å². The number of benzene rings is 1. The Balaban J connectivity index is 2.60. The van der Waals surface area contributed by atoms with Gasteiger partial charge in [0.25, 0.3) is 0 Å². The van der Waals surface area contributed by atoms with E-state index in [-0.39, 0.29) is 17.9 Å². The van der Waals surface area contributed by atoms with Gasteiger partial charge >= 0.3 is 0 Å². The van der Waals surface area contributed by atoms with Crippen molar-refractivity contribution in [3.05, 3.63) is 48.6 Å². The van der Waals surface area contributed by atoms with E-state index >= 15 is 0 Å². The molecule has 0 bridgehead atoms. The number of halogens is 1. The van der Waals surface area contributed by atoms with Crippen molar-refractivity contribution in [2.75, 3.05) is 5.88 Å². The summed E-state index contributed by atoms with van der Waals surface area (Å²) in [4.78, 5) is 12.3. The monoisotopic (exact) mass is 309 g/mol. The minimum Gasteiger partial charge on any atom is -0.386 e. The van der Waals surface area contributed by atoms with Gasteiger partial charge in [-0.05, 0) is 31.7 Å². The molecule has 0 fully saturated rings. The fourth-order valence-corrected chi connectivity index (χ4v) is 2.40. The highest BCUT2D eigenvalue weighted by molar-refractivity contribution is 6.17. The number of hydrogen-bond acceptors (Lipinski definition) is 2. The SMILES string of the molecule is C=CC[C@H](CCCCl)C(=O)N[C@H](C)C(O)c1ccccc1. The average Bonchev–Trinajstić information content (AvgIpc) is 2.51. The van der Waals surface area contributed by atoms with Crippen LogP contribution < -0.4 is 5.32 Å². The number of hydrogen-bond donors (Lipinski definition) is 2. The number of aliphatic hydroxyl groups is 1. The first kappa shape index (κ1) is 17.7. The van der Waals surface area contributed by atoms with Gasteiger partial charge in [0.05, 0.1) is 12.1 Å². The molecule has 1 aromatic carbocycles. The fraction of sp³-hybridized carbons (Fsp3) is 0.471. The van der Waals surface area contributed by atoms with Crippen LogP contribution in [0.3, 0.4) is 0 Å². The van der Waals surface area contributed by atoms with Crippen molar-refractivity contribution in [2.45, 2.75) is 38.3 Å². The number of carbonyl (C=O) groups excluding carboxylic acids is 1. The van der Waals surface area contributed by atoms with E-state index in [2.05, 4.69) is 11.9 Å². The third-order valence-electron chi connectivity index (χ3n) is 3.49. The van der Waals surface area contributed by atoms with Crippen LogP contribution in [-0.4, -0.2) is 22.9 Å². The molecule has 0 heterocycles. The summed E-state index contributed by atoms with van der Waals surface area (Å²) in [5, 5.41) is 13.2. The summed E-state index contributed by atoms with van der Waals surface area (Å²) < 4.78 is 0. The fourth-order valence-electron chi connectivity index (χ4n) is 2.24. The zero-order valence-corrected chi connectivity index (χ0v) is 13.2. The Hall–Kier alpha value is -1.32. The Kier molecular flexibility index (Phi) is 8.09. The van der Waals surface area contributed by atoms with Crippen LogP contribution in [0, 0.1) is 5.92 Å². The van der Waals surface area contributed by atoms with Crippen LogP contribution >= 0.6 is 11.6 Å². The predicted octanol–water partition coefficient (Wildman–Crippen LogP) is 3.44. The molecular weight excluding hydrogens is 286 g/mol. The van der Waals surface area contributed by atoms with Crippen molar-refractivity contribution >= 4 is 17.5 Å². The van der Waals surface area contributed by atoms with E-state index in [0.29, 0.717) is 12.3 Å². The summed E-state index contributed by atoms with van der Waals surface area (Å²) in [7, 11) is 0. The van der Waals surface area contributed by atoms with E-state index in [1.807, 2.05) is 37.3 Å². The lowest BCUT2D eigenvalue weighted by atomic mass is 9.97. The van der Waals surface area contributed by atoms with Gasteiger partial charge in [0.2, 0.25) is 5.91 Å². The van der Waals surface area contributed by atoms with Gasteiger partial charge in [-0.15, -0.1) is 18.2 Å². The molecule has 116 valence electrons. The van der Waals surface area contributed by atoms with Crippen molar-refractivity contribution in [3.63, 3.8) is 0 Å². The van der Waals surface area contributed by atoms with Crippen molar-refractivity contribution < 1.29 is 9.90 Å². The van der Waals surface area contributed by atoms with E-state index in [1.54, 1.807) is 6.08 Å². The maximum atomic E-state index is 12.3. The van der Waals surface area contributed by atoms with Crippen molar-refractivity contribution in [2.24, 2.45) is 5.92 Å². The molecule has 1 rings (SSSR count). The van der Waals surface area contributed by atoms with Gasteiger partial charge in [-0.2, -0.15) is 0 Å². The van der Waals surface area contributed by atoms with Gasteiger partial charge in [0.1, 0.15) is 0 Å². The smallest absolute Gasteiger partial charge is 0.223 e. The molecule has 0 aliphatic rings. The summed E-state index contributed by atoms with van der Waals surface area (Å²) in [5.74, 6) is 0.359. The molecule has 3 nitrogen and oxygen atoms in total. The Labute approximate surface area is 132 Å². The molecule has 21 heavy (non-hydrogen) atoms. The lowest BCUT2D eigenvalue weighted by Gasteiger charge is -2.23. The number of allylic oxidation sites excluding steroid dienone is 1. The molecule has 1 aromatic rings. The van der Waals surface area contributed by atoms with Crippen LogP contribution in [0.15, 0.2) is 43.0 Å². The maximum absolute atomic E-state index is 12.3. The lowest BCUT2D eigenvalue weighted by molar-refractivity contribution is -0.126. The third kappa shape index (κ3) is 5.90. The number of rotatable bonds is 9. The first-order valence-electron chi connectivity index (χ1n) is 7.30. The third-order valence-corrected chi connectivity index (χ3v) is 3.76. The van der Waals surface area contributed by atoms with Crippen molar-refractivity contribution in [3.8, 4) is 0 Å². The molecule has 0 aromatic heterocycles. The Morgan fingerprint density at radius 2 is 2.10 bits per heavy atom. The molecule has 4 heteroatoms. The zero-order chi connectivity index (χ0) is 15.7.